The lowest BCUT2D eigenvalue weighted by atomic mass is 9.85. The number of carbonyl (C=O) groups is 1. The van der Waals surface area contributed by atoms with Gasteiger partial charge in [0.1, 0.15) is 13.2 Å². The van der Waals surface area contributed by atoms with E-state index in [4.69, 9.17) is 26.2 Å². The Morgan fingerprint density at radius 3 is 2.67 bits per heavy atom. The quantitative estimate of drug-likeness (QED) is 0.897. The maximum absolute atomic E-state index is 11.1. The number of anilines is 1. The molecule has 0 saturated heterocycles. The van der Waals surface area contributed by atoms with Gasteiger partial charge in [-0.15, -0.1) is 0 Å². The van der Waals surface area contributed by atoms with Crippen LogP contribution in [0.2, 0.25) is 5.02 Å². The summed E-state index contributed by atoms with van der Waals surface area (Å²) in [5.41, 5.74) is 0.775. The number of fused-ring (bicyclic) bond motifs is 1. The fourth-order valence-electron chi connectivity index (χ4n) is 2.94. The third kappa shape index (κ3) is 3.18. The number of carboxylic acids is 1. The Labute approximate surface area is 128 Å². The van der Waals surface area contributed by atoms with Gasteiger partial charge >= 0.3 is 5.97 Å². The van der Waals surface area contributed by atoms with Crippen LogP contribution in [0.1, 0.15) is 25.7 Å². The van der Waals surface area contributed by atoms with Crippen molar-refractivity contribution >= 4 is 23.3 Å². The number of hydrogen-bond donors (Lipinski definition) is 2. The predicted octanol–water partition coefficient (Wildman–Crippen LogP) is 3.17. The normalized spacial score (nSPS) is 24.4. The number of aliphatic carboxylic acids is 1. The van der Waals surface area contributed by atoms with Gasteiger partial charge in [0.25, 0.3) is 0 Å². The van der Waals surface area contributed by atoms with E-state index >= 15 is 0 Å². The van der Waals surface area contributed by atoms with E-state index in [1.165, 1.54) is 0 Å². The van der Waals surface area contributed by atoms with Crippen molar-refractivity contribution in [2.45, 2.75) is 31.7 Å². The van der Waals surface area contributed by atoms with E-state index in [2.05, 4.69) is 5.32 Å². The molecule has 2 aliphatic rings. The molecule has 1 aliphatic heterocycles. The molecule has 1 fully saturated rings. The summed E-state index contributed by atoms with van der Waals surface area (Å²) in [6, 6.07) is 3.71. The second-order valence-electron chi connectivity index (χ2n) is 5.52. The molecule has 0 aromatic heterocycles. The first-order valence-corrected chi connectivity index (χ1v) is 7.60. The number of hydrogen-bond acceptors (Lipinski definition) is 4. The summed E-state index contributed by atoms with van der Waals surface area (Å²) in [6.45, 7) is 1.05. The monoisotopic (exact) mass is 311 g/mol. The van der Waals surface area contributed by atoms with Crippen LogP contribution >= 0.6 is 11.6 Å². The highest BCUT2D eigenvalue weighted by Gasteiger charge is 2.27. The standard InChI is InChI=1S/C15H18ClNO4/c16-11-7-13-14(21-5-4-20-13)8-12(11)17-10-3-1-2-9(6-10)15(18)19/h7-10,17H,1-6H2,(H,18,19). The van der Waals surface area contributed by atoms with Crippen molar-refractivity contribution < 1.29 is 19.4 Å². The third-order valence-electron chi connectivity index (χ3n) is 4.01. The van der Waals surface area contributed by atoms with E-state index in [0.717, 1.165) is 24.9 Å². The average molecular weight is 312 g/mol. The Hall–Kier alpha value is -1.62. The van der Waals surface area contributed by atoms with Crippen LogP contribution in [0, 0.1) is 5.92 Å². The van der Waals surface area contributed by atoms with E-state index in [-0.39, 0.29) is 12.0 Å². The maximum atomic E-state index is 11.1. The van der Waals surface area contributed by atoms with Crippen molar-refractivity contribution in [2.75, 3.05) is 18.5 Å². The summed E-state index contributed by atoms with van der Waals surface area (Å²) in [6.07, 6.45) is 3.24. The number of nitrogens with one attached hydrogen (secondary N) is 1. The Bertz CT molecular complexity index is 549. The van der Waals surface area contributed by atoms with Crippen LogP contribution in [0.3, 0.4) is 0 Å². The molecule has 2 unspecified atom stereocenters. The molecular weight excluding hydrogens is 294 g/mol. The van der Waals surface area contributed by atoms with Crippen LogP contribution < -0.4 is 14.8 Å². The van der Waals surface area contributed by atoms with Crippen molar-refractivity contribution in [2.24, 2.45) is 5.92 Å². The van der Waals surface area contributed by atoms with Crippen LogP contribution in [0.25, 0.3) is 0 Å². The minimum absolute atomic E-state index is 0.125. The Morgan fingerprint density at radius 2 is 1.95 bits per heavy atom. The van der Waals surface area contributed by atoms with Crippen LogP contribution in [0.4, 0.5) is 5.69 Å². The van der Waals surface area contributed by atoms with Crippen LogP contribution in [-0.2, 0) is 4.79 Å². The maximum Gasteiger partial charge on any atom is 0.306 e. The highest BCUT2D eigenvalue weighted by atomic mass is 35.5. The molecule has 21 heavy (non-hydrogen) atoms. The van der Waals surface area contributed by atoms with Crippen LogP contribution in [0.5, 0.6) is 11.5 Å². The molecule has 1 saturated carbocycles. The Morgan fingerprint density at radius 1 is 1.24 bits per heavy atom. The van der Waals surface area contributed by atoms with Crippen molar-refractivity contribution in [3.8, 4) is 11.5 Å². The van der Waals surface area contributed by atoms with E-state index in [1.54, 1.807) is 6.07 Å². The van der Waals surface area contributed by atoms with Crippen molar-refractivity contribution in [1.29, 1.82) is 0 Å². The second-order valence-corrected chi connectivity index (χ2v) is 5.93. The van der Waals surface area contributed by atoms with E-state index in [9.17, 15) is 4.79 Å². The first-order chi connectivity index (χ1) is 10.1. The summed E-state index contributed by atoms with van der Waals surface area (Å²) in [5.74, 6) is 0.351. The Balaban J connectivity index is 1.73. The van der Waals surface area contributed by atoms with Gasteiger partial charge in [-0.2, -0.15) is 0 Å². The molecule has 0 bridgehead atoms. The summed E-state index contributed by atoms with van der Waals surface area (Å²) < 4.78 is 11.0. The van der Waals surface area contributed by atoms with Gasteiger partial charge in [0.15, 0.2) is 11.5 Å². The van der Waals surface area contributed by atoms with Gasteiger partial charge in [-0.3, -0.25) is 4.79 Å². The van der Waals surface area contributed by atoms with E-state index in [0.29, 0.717) is 36.2 Å². The number of ether oxygens (including phenoxy) is 2. The summed E-state index contributed by atoms with van der Waals surface area (Å²) in [5, 5.41) is 13.1. The third-order valence-corrected chi connectivity index (χ3v) is 4.33. The molecule has 6 heteroatoms. The molecule has 1 aromatic rings. The first kappa shape index (κ1) is 14.3. The van der Waals surface area contributed by atoms with Crippen molar-refractivity contribution in [1.82, 2.24) is 0 Å². The van der Waals surface area contributed by atoms with Gasteiger partial charge in [-0.05, 0) is 19.3 Å². The highest BCUT2D eigenvalue weighted by Crippen LogP contribution is 2.39. The molecule has 0 radical (unpaired) electrons. The number of benzene rings is 1. The molecule has 1 heterocycles. The SMILES string of the molecule is O=C(O)C1CCCC(Nc2cc3c(cc2Cl)OCCO3)C1. The smallest absolute Gasteiger partial charge is 0.306 e. The highest BCUT2D eigenvalue weighted by molar-refractivity contribution is 6.33. The lowest BCUT2D eigenvalue weighted by Gasteiger charge is -2.29. The summed E-state index contributed by atoms with van der Waals surface area (Å²) >= 11 is 6.26. The summed E-state index contributed by atoms with van der Waals surface area (Å²) in [7, 11) is 0. The van der Waals surface area contributed by atoms with Gasteiger partial charge in [-0.1, -0.05) is 18.0 Å². The second kappa shape index (κ2) is 6.02. The zero-order valence-corrected chi connectivity index (χ0v) is 12.4. The van der Waals surface area contributed by atoms with Crippen LogP contribution in [-0.4, -0.2) is 30.3 Å². The number of carboxylic acid groups (broad SMARTS) is 1. The Kier molecular flexibility index (Phi) is 4.10. The van der Waals surface area contributed by atoms with Crippen molar-refractivity contribution in [3.63, 3.8) is 0 Å². The van der Waals surface area contributed by atoms with Gasteiger partial charge < -0.3 is 19.9 Å². The zero-order valence-electron chi connectivity index (χ0n) is 11.6. The minimum atomic E-state index is -0.713. The van der Waals surface area contributed by atoms with Crippen molar-refractivity contribution in [3.05, 3.63) is 17.2 Å². The zero-order chi connectivity index (χ0) is 14.8. The molecule has 1 aliphatic carbocycles. The number of halogens is 1. The molecule has 2 atom stereocenters. The largest absolute Gasteiger partial charge is 0.486 e. The van der Waals surface area contributed by atoms with E-state index < -0.39 is 5.97 Å². The van der Waals surface area contributed by atoms with Gasteiger partial charge in [0.05, 0.1) is 16.6 Å². The number of rotatable bonds is 3. The molecule has 0 amide bonds. The fourth-order valence-corrected chi connectivity index (χ4v) is 3.15. The molecule has 3 rings (SSSR count). The predicted molar refractivity (Wildman–Crippen MR) is 79.4 cm³/mol. The minimum Gasteiger partial charge on any atom is -0.486 e. The molecular formula is C15H18ClNO4. The topological polar surface area (TPSA) is 67.8 Å². The van der Waals surface area contributed by atoms with Gasteiger partial charge in [0, 0.05) is 18.2 Å². The molecule has 0 spiro atoms. The van der Waals surface area contributed by atoms with E-state index in [1.807, 2.05) is 6.07 Å². The molecule has 2 N–H and O–H groups in total. The molecule has 114 valence electrons. The lowest BCUT2D eigenvalue weighted by molar-refractivity contribution is -0.142. The lowest BCUT2D eigenvalue weighted by Crippen LogP contribution is -2.31. The molecule has 1 aromatic carbocycles. The van der Waals surface area contributed by atoms with Gasteiger partial charge in [-0.25, -0.2) is 0 Å². The molecule has 5 nitrogen and oxygen atoms in total. The van der Waals surface area contributed by atoms with Crippen LogP contribution in [0.15, 0.2) is 12.1 Å². The van der Waals surface area contributed by atoms with Gasteiger partial charge in [0.2, 0.25) is 0 Å². The first-order valence-electron chi connectivity index (χ1n) is 7.22. The summed E-state index contributed by atoms with van der Waals surface area (Å²) in [4.78, 5) is 11.1. The average Bonchev–Trinajstić information content (AvgIpc) is 2.48. The fraction of sp³-hybridized carbons (Fsp3) is 0.533.